The predicted molar refractivity (Wildman–Crippen MR) is 82.9 cm³/mol. The van der Waals surface area contributed by atoms with Crippen molar-refractivity contribution in [1.29, 1.82) is 0 Å². The summed E-state index contributed by atoms with van der Waals surface area (Å²) < 4.78 is 27.1. The molecule has 0 saturated heterocycles. The van der Waals surface area contributed by atoms with Gasteiger partial charge in [-0.1, -0.05) is 11.3 Å². The smallest absolute Gasteiger partial charge is 0.273 e. The molecule has 0 amide bonds. The Morgan fingerprint density at radius 2 is 2.14 bits per heavy atom. The van der Waals surface area contributed by atoms with E-state index in [0.29, 0.717) is 5.69 Å². The number of nitrogens with two attached hydrogens (primary N) is 1. The van der Waals surface area contributed by atoms with Gasteiger partial charge in [0.15, 0.2) is 9.34 Å². The fraction of sp³-hybridized carbons (Fsp3) is 0.100. The second kappa shape index (κ2) is 5.58. The lowest BCUT2D eigenvalue weighted by molar-refractivity contribution is -0.384. The number of aromatic nitrogens is 1. The quantitative estimate of drug-likeness (QED) is 0.607. The molecule has 1 aromatic heterocycles. The van der Waals surface area contributed by atoms with Gasteiger partial charge in [0, 0.05) is 16.6 Å². The van der Waals surface area contributed by atoms with Crippen molar-refractivity contribution in [2.45, 2.75) is 11.1 Å². The number of nitro groups is 1. The zero-order chi connectivity index (χ0) is 15.8. The van der Waals surface area contributed by atoms with E-state index in [1.807, 2.05) is 0 Å². The fourth-order valence-electron chi connectivity index (χ4n) is 1.54. The molecule has 0 atom stereocenters. The third kappa shape index (κ3) is 3.31. The van der Waals surface area contributed by atoms with Gasteiger partial charge in [0.2, 0.25) is 0 Å². The third-order valence-corrected chi connectivity index (χ3v) is 6.04. The minimum Gasteiger partial charge on any atom is -0.375 e. The first-order valence-corrected chi connectivity index (χ1v) is 8.49. The van der Waals surface area contributed by atoms with E-state index in [9.17, 15) is 18.5 Å². The summed E-state index contributed by atoms with van der Waals surface area (Å²) in [5.74, 6) is 0. The first-order valence-electron chi connectivity index (χ1n) is 5.40. The van der Waals surface area contributed by atoms with Gasteiger partial charge in [-0.15, -0.1) is 0 Å². The molecular weight excluding hydrogens is 384 g/mol. The monoisotopic (exact) mass is 392 g/mol. The number of benzene rings is 1. The van der Waals surface area contributed by atoms with Crippen molar-refractivity contribution in [1.82, 2.24) is 4.98 Å². The Bertz CT molecular complexity index is 818. The number of anilines is 2. The molecule has 3 N–H and O–H groups in total. The minimum atomic E-state index is -3.85. The number of hydrogen-bond donors (Lipinski definition) is 2. The number of nitrogen functional groups attached to an aromatic ring is 1. The number of aryl methyl sites for hydroxylation is 1. The molecule has 0 aliphatic carbocycles. The van der Waals surface area contributed by atoms with Gasteiger partial charge < -0.3 is 5.73 Å². The molecule has 0 spiro atoms. The lowest BCUT2D eigenvalue weighted by atomic mass is 10.3. The maximum Gasteiger partial charge on any atom is 0.273 e. The van der Waals surface area contributed by atoms with E-state index in [1.165, 1.54) is 25.1 Å². The number of rotatable bonds is 4. The SMILES string of the molecule is Cc1nc(N)sc1S(=O)(=O)Nc1ccc([N+](=O)[O-])cc1Br. The summed E-state index contributed by atoms with van der Waals surface area (Å²) in [5, 5.41) is 10.8. The van der Waals surface area contributed by atoms with E-state index in [1.54, 1.807) is 0 Å². The van der Waals surface area contributed by atoms with Crippen LogP contribution in [0.3, 0.4) is 0 Å². The van der Waals surface area contributed by atoms with E-state index in [2.05, 4.69) is 25.6 Å². The van der Waals surface area contributed by atoms with E-state index in [4.69, 9.17) is 5.73 Å². The molecular formula is C10H9BrN4O4S2. The van der Waals surface area contributed by atoms with Gasteiger partial charge in [-0.05, 0) is 28.9 Å². The van der Waals surface area contributed by atoms with Crippen LogP contribution in [0.25, 0.3) is 0 Å². The van der Waals surface area contributed by atoms with Gasteiger partial charge in [-0.2, -0.15) is 0 Å². The molecule has 112 valence electrons. The number of thiazole rings is 1. The number of halogens is 1. The number of nitrogens with zero attached hydrogens (tertiary/aromatic N) is 2. The second-order valence-electron chi connectivity index (χ2n) is 3.95. The first-order chi connectivity index (χ1) is 9.70. The molecule has 2 rings (SSSR count). The number of non-ortho nitro benzene ring substituents is 1. The van der Waals surface area contributed by atoms with Crippen molar-refractivity contribution in [2.24, 2.45) is 0 Å². The van der Waals surface area contributed by atoms with Crippen molar-refractivity contribution in [3.8, 4) is 0 Å². The van der Waals surface area contributed by atoms with Crippen molar-refractivity contribution < 1.29 is 13.3 Å². The molecule has 11 heteroatoms. The lowest BCUT2D eigenvalue weighted by Gasteiger charge is -2.08. The summed E-state index contributed by atoms with van der Waals surface area (Å²) in [4.78, 5) is 13.9. The molecule has 0 saturated carbocycles. The summed E-state index contributed by atoms with van der Waals surface area (Å²) in [5.41, 5.74) is 5.82. The zero-order valence-corrected chi connectivity index (χ0v) is 13.8. The van der Waals surface area contributed by atoms with Crippen molar-refractivity contribution >= 4 is 53.8 Å². The Balaban J connectivity index is 2.37. The standard InChI is InChI=1S/C10H9BrN4O4S2/c1-5-9(20-10(12)13-5)21(18,19)14-8-3-2-6(15(16)17)4-7(8)11/h2-4,14H,1H3,(H2,12,13). The molecule has 0 fully saturated rings. The number of nitro benzene ring substituents is 1. The van der Waals surface area contributed by atoms with Crippen LogP contribution in [0.1, 0.15) is 5.69 Å². The van der Waals surface area contributed by atoms with E-state index in [-0.39, 0.29) is 25.2 Å². The summed E-state index contributed by atoms with van der Waals surface area (Å²) in [7, 11) is -3.85. The van der Waals surface area contributed by atoms with Gasteiger partial charge >= 0.3 is 0 Å². The topological polar surface area (TPSA) is 128 Å². The Kier molecular flexibility index (Phi) is 4.16. The number of nitrogens with one attached hydrogen (secondary N) is 1. The van der Waals surface area contributed by atoms with Crippen LogP contribution in [0.2, 0.25) is 0 Å². The molecule has 0 aliphatic heterocycles. The van der Waals surface area contributed by atoms with Crippen LogP contribution in [0.15, 0.2) is 26.9 Å². The first kappa shape index (κ1) is 15.7. The lowest BCUT2D eigenvalue weighted by Crippen LogP contribution is -2.13. The molecule has 0 radical (unpaired) electrons. The maximum absolute atomic E-state index is 12.3. The largest absolute Gasteiger partial charge is 0.375 e. The van der Waals surface area contributed by atoms with Crippen LogP contribution in [0.4, 0.5) is 16.5 Å². The van der Waals surface area contributed by atoms with Crippen molar-refractivity contribution in [3.63, 3.8) is 0 Å². The predicted octanol–water partition coefficient (Wildman–Crippen LogP) is 2.51. The van der Waals surface area contributed by atoms with Crippen LogP contribution >= 0.6 is 27.3 Å². The van der Waals surface area contributed by atoms with Crippen LogP contribution in [0, 0.1) is 17.0 Å². The van der Waals surface area contributed by atoms with E-state index >= 15 is 0 Å². The molecule has 21 heavy (non-hydrogen) atoms. The molecule has 8 nitrogen and oxygen atoms in total. The van der Waals surface area contributed by atoms with Crippen LogP contribution < -0.4 is 10.5 Å². The second-order valence-corrected chi connectivity index (χ2v) is 7.71. The van der Waals surface area contributed by atoms with Crippen molar-refractivity contribution in [3.05, 3.63) is 38.5 Å². The highest BCUT2D eigenvalue weighted by atomic mass is 79.9. The maximum atomic E-state index is 12.3. The molecule has 1 aromatic carbocycles. The zero-order valence-electron chi connectivity index (χ0n) is 10.5. The van der Waals surface area contributed by atoms with Gasteiger partial charge in [-0.25, -0.2) is 13.4 Å². The molecule has 0 aliphatic rings. The Hall–Kier alpha value is -1.72. The summed E-state index contributed by atoms with van der Waals surface area (Å²) in [6.45, 7) is 1.53. The Labute approximate surface area is 132 Å². The highest BCUT2D eigenvalue weighted by molar-refractivity contribution is 9.10. The van der Waals surface area contributed by atoms with Gasteiger partial charge in [-0.3, -0.25) is 14.8 Å². The number of sulfonamides is 1. The molecule has 2 aromatic rings. The average molecular weight is 393 g/mol. The van der Waals surface area contributed by atoms with Gasteiger partial charge in [0.1, 0.15) is 0 Å². The normalized spacial score (nSPS) is 11.3. The van der Waals surface area contributed by atoms with Crippen LogP contribution in [0.5, 0.6) is 0 Å². The molecule has 0 bridgehead atoms. The van der Waals surface area contributed by atoms with Gasteiger partial charge in [0.25, 0.3) is 15.7 Å². The highest BCUT2D eigenvalue weighted by Crippen LogP contribution is 2.31. The van der Waals surface area contributed by atoms with Crippen LogP contribution in [-0.2, 0) is 10.0 Å². The number of hydrogen-bond acceptors (Lipinski definition) is 7. The highest BCUT2D eigenvalue weighted by Gasteiger charge is 2.22. The molecule has 0 unspecified atom stereocenters. The van der Waals surface area contributed by atoms with Crippen molar-refractivity contribution in [2.75, 3.05) is 10.5 Å². The third-order valence-electron chi connectivity index (χ3n) is 2.42. The molecule has 1 heterocycles. The van der Waals surface area contributed by atoms with Crippen LogP contribution in [-0.4, -0.2) is 18.3 Å². The summed E-state index contributed by atoms with van der Waals surface area (Å²) in [6, 6.07) is 3.72. The Morgan fingerprint density at radius 3 is 2.62 bits per heavy atom. The van der Waals surface area contributed by atoms with Gasteiger partial charge in [0.05, 0.1) is 16.3 Å². The van der Waals surface area contributed by atoms with E-state index in [0.717, 1.165) is 11.3 Å². The minimum absolute atomic E-state index is 0.00486. The summed E-state index contributed by atoms with van der Waals surface area (Å²) in [6.07, 6.45) is 0. The summed E-state index contributed by atoms with van der Waals surface area (Å²) >= 11 is 3.94. The fourth-order valence-corrected chi connectivity index (χ4v) is 4.52. The Morgan fingerprint density at radius 1 is 1.48 bits per heavy atom. The average Bonchev–Trinajstić information content (AvgIpc) is 2.71. The van der Waals surface area contributed by atoms with E-state index < -0.39 is 14.9 Å².